The Labute approximate surface area is 177 Å². The number of benzene rings is 3. The summed E-state index contributed by atoms with van der Waals surface area (Å²) in [5.74, 6) is -0.270. The molecule has 0 saturated heterocycles. The van der Waals surface area contributed by atoms with Crippen molar-refractivity contribution < 1.29 is 17.9 Å². The predicted octanol–water partition coefficient (Wildman–Crippen LogP) is 4.29. The van der Waals surface area contributed by atoms with Crippen LogP contribution < -0.4 is 9.57 Å². The Kier molecular flexibility index (Phi) is 6.46. The van der Waals surface area contributed by atoms with Crippen LogP contribution in [0, 0.1) is 6.92 Å². The molecule has 8 heteroatoms. The predicted molar refractivity (Wildman–Crippen MR) is 115 cm³/mol. The van der Waals surface area contributed by atoms with Crippen molar-refractivity contribution in [3.63, 3.8) is 0 Å². The minimum absolute atomic E-state index is 0.0948. The zero-order valence-corrected chi connectivity index (χ0v) is 17.8. The first-order chi connectivity index (χ1) is 13.8. The van der Waals surface area contributed by atoms with Crippen molar-refractivity contribution in [1.82, 2.24) is 4.83 Å². The van der Waals surface area contributed by atoms with Gasteiger partial charge in [-0.3, -0.25) is 0 Å². The standard InChI is InChI=1S/C21H17BrN2O4S/c1-15-7-9-16(10-8-15)21(25)28-20-12-11-18(22)13-17(20)14-23-24-29(26,27)19-5-3-2-4-6-19/h2-14,24H,1H3/b23-14-. The van der Waals surface area contributed by atoms with E-state index in [0.29, 0.717) is 11.1 Å². The maximum atomic E-state index is 12.4. The van der Waals surface area contributed by atoms with E-state index in [1.54, 1.807) is 48.5 Å². The van der Waals surface area contributed by atoms with E-state index in [4.69, 9.17) is 4.74 Å². The van der Waals surface area contributed by atoms with Gasteiger partial charge in [0.25, 0.3) is 10.0 Å². The van der Waals surface area contributed by atoms with Gasteiger partial charge in [-0.25, -0.2) is 9.63 Å². The molecule has 29 heavy (non-hydrogen) atoms. The normalized spacial score (nSPS) is 11.4. The van der Waals surface area contributed by atoms with Crippen molar-refractivity contribution in [3.8, 4) is 5.75 Å². The van der Waals surface area contributed by atoms with Gasteiger partial charge in [0.15, 0.2) is 0 Å². The van der Waals surface area contributed by atoms with Gasteiger partial charge in [0.1, 0.15) is 5.75 Å². The number of sulfonamides is 1. The topological polar surface area (TPSA) is 84.8 Å². The summed E-state index contributed by atoms with van der Waals surface area (Å²) in [5.41, 5.74) is 1.87. The second-order valence-electron chi connectivity index (χ2n) is 6.10. The maximum Gasteiger partial charge on any atom is 0.343 e. The quantitative estimate of drug-likeness (QED) is 0.251. The van der Waals surface area contributed by atoms with E-state index >= 15 is 0 Å². The van der Waals surface area contributed by atoms with Crippen molar-refractivity contribution in [1.29, 1.82) is 0 Å². The highest BCUT2D eigenvalue weighted by molar-refractivity contribution is 9.10. The second kappa shape index (κ2) is 9.02. The number of carbonyl (C=O) groups excluding carboxylic acids is 1. The second-order valence-corrected chi connectivity index (χ2v) is 8.68. The number of nitrogens with zero attached hydrogens (tertiary/aromatic N) is 1. The van der Waals surface area contributed by atoms with Crippen molar-refractivity contribution in [2.75, 3.05) is 0 Å². The molecule has 0 aliphatic carbocycles. The number of rotatable bonds is 6. The first-order valence-corrected chi connectivity index (χ1v) is 10.8. The number of carbonyl (C=O) groups is 1. The first kappa shape index (κ1) is 20.8. The van der Waals surface area contributed by atoms with Crippen LogP contribution in [0.2, 0.25) is 0 Å². The van der Waals surface area contributed by atoms with E-state index in [1.807, 2.05) is 19.1 Å². The fourth-order valence-corrected chi connectivity index (χ4v) is 3.57. The van der Waals surface area contributed by atoms with Crippen LogP contribution in [0.1, 0.15) is 21.5 Å². The Morgan fingerprint density at radius 1 is 1.03 bits per heavy atom. The molecule has 0 radical (unpaired) electrons. The average Bonchev–Trinajstić information content (AvgIpc) is 2.71. The van der Waals surface area contributed by atoms with Gasteiger partial charge in [-0.2, -0.15) is 13.5 Å². The molecule has 0 amide bonds. The highest BCUT2D eigenvalue weighted by Crippen LogP contribution is 2.23. The molecule has 3 aromatic rings. The summed E-state index contributed by atoms with van der Waals surface area (Å²) in [5, 5.41) is 3.81. The lowest BCUT2D eigenvalue weighted by Crippen LogP contribution is -2.18. The Morgan fingerprint density at radius 3 is 2.41 bits per heavy atom. The third-order valence-electron chi connectivity index (χ3n) is 3.89. The van der Waals surface area contributed by atoms with Crippen LogP contribution >= 0.6 is 15.9 Å². The zero-order valence-electron chi connectivity index (χ0n) is 15.4. The molecule has 0 spiro atoms. The molecule has 0 aromatic heterocycles. The number of ether oxygens (including phenoxy) is 1. The van der Waals surface area contributed by atoms with Crippen LogP contribution in [0.25, 0.3) is 0 Å². The molecule has 3 aromatic carbocycles. The van der Waals surface area contributed by atoms with E-state index in [-0.39, 0.29) is 10.6 Å². The van der Waals surface area contributed by atoms with Crippen molar-refractivity contribution in [3.05, 3.63) is 94.0 Å². The van der Waals surface area contributed by atoms with Crippen LogP contribution in [-0.2, 0) is 10.0 Å². The molecule has 0 bridgehead atoms. The average molecular weight is 473 g/mol. The van der Waals surface area contributed by atoms with Crippen molar-refractivity contribution in [2.24, 2.45) is 5.10 Å². The lowest BCUT2D eigenvalue weighted by Gasteiger charge is -2.08. The molecule has 0 atom stereocenters. The minimum Gasteiger partial charge on any atom is -0.422 e. The highest BCUT2D eigenvalue weighted by Gasteiger charge is 2.13. The van der Waals surface area contributed by atoms with E-state index in [2.05, 4.69) is 25.9 Å². The Hall–Kier alpha value is -2.97. The largest absolute Gasteiger partial charge is 0.422 e. The van der Waals surface area contributed by atoms with Gasteiger partial charge >= 0.3 is 5.97 Å². The Morgan fingerprint density at radius 2 is 1.72 bits per heavy atom. The number of hydrogen-bond acceptors (Lipinski definition) is 5. The summed E-state index contributed by atoms with van der Waals surface area (Å²) in [7, 11) is -3.79. The van der Waals surface area contributed by atoms with Gasteiger partial charge in [0.05, 0.1) is 16.7 Å². The molecule has 0 fully saturated rings. The fraction of sp³-hybridized carbons (Fsp3) is 0.0476. The van der Waals surface area contributed by atoms with E-state index in [9.17, 15) is 13.2 Å². The van der Waals surface area contributed by atoms with Crippen LogP contribution in [0.3, 0.4) is 0 Å². The van der Waals surface area contributed by atoms with Crippen LogP contribution in [0.5, 0.6) is 5.75 Å². The summed E-state index contributed by atoms with van der Waals surface area (Å²) >= 11 is 3.34. The molecule has 3 rings (SSSR count). The van der Waals surface area contributed by atoms with Crippen molar-refractivity contribution >= 4 is 38.1 Å². The van der Waals surface area contributed by atoms with Crippen LogP contribution in [-0.4, -0.2) is 20.6 Å². The SMILES string of the molecule is Cc1ccc(C(=O)Oc2ccc(Br)cc2/C=N\NS(=O)(=O)c2ccccc2)cc1. The van der Waals surface area contributed by atoms with Gasteiger partial charge in [-0.1, -0.05) is 51.8 Å². The number of nitrogens with one attached hydrogen (secondary N) is 1. The molecule has 0 aliphatic rings. The summed E-state index contributed by atoms with van der Waals surface area (Å²) in [6.07, 6.45) is 1.28. The zero-order chi connectivity index (χ0) is 20.9. The first-order valence-electron chi connectivity index (χ1n) is 8.53. The summed E-state index contributed by atoms with van der Waals surface area (Å²) < 4.78 is 30.7. The van der Waals surface area contributed by atoms with Crippen LogP contribution in [0.4, 0.5) is 0 Å². The van der Waals surface area contributed by atoms with E-state index < -0.39 is 16.0 Å². The summed E-state index contributed by atoms with van der Waals surface area (Å²) in [6.45, 7) is 1.93. The molecular weight excluding hydrogens is 456 g/mol. The smallest absolute Gasteiger partial charge is 0.343 e. The molecule has 1 N–H and O–H groups in total. The van der Waals surface area contributed by atoms with Crippen molar-refractivity contribution in [2.45, 2.75) is 11.8 Å². The van der Waals surface area contributed by atoms with Gasteiger partial charge < -0.3 is 4.74 Å². The van der Waals surface area contributed by atoms with Crippen LogP contribution in [0.15, 0.2) is 87.3 Å². The molecule has 6 nitrogen and oxygen atoms in total. The van der Waals surface area contributed by atoms with Gasteiger partial charge in [-0.05, 0) is 49.4 Å². The van der Waals surface area contributed by atoms with E-state index in [0.717, 1.165) is 10.0 Å². The minimum atomic E-state index is -3.79. The number of aryl methyl sites for hydroxylation is 1. The molecule has 148 valence electrons. The highest BCUT2D eigenvalue weighted by atomic mass is 79.9. The lowest BCUT2D eigenvalue weighted by molar-refractivity contribution is 0.0734. The molecular formula is C21H17BrN2O4S. The number of esters is 1. The lowest BCUT2D eigenvalue weighted by atomic mass is 10.1. The fourth-order valence-electron chi connectivity index (χ4n) is 2.38. The molecule has 0 heterocycles. The summed E-state index contributed by atoms with van der Waals surface area (Å²) in [4.78, 5) is 14.6. The monoisotopic (exact) mass is 472 g/mol. The van der Waals surface area contributed by atoms with Gasteiger partial charge in [0, 0.05) is 10.0 Å². The Bertz CT molecular complexity index is 1150. The Balaban J connectivity index is 1.79. The third kappa shape index (κ3) is 5.52. The summed E-state index contributed by atoms with van der Waals surface area (Å²) in [6, 6.07) is 19.9. The maximum absolute atomic E-state index is 12.4. The third-order valence-corrected chi connectivity index (χ3v) is 5.62. The number of hydrazone groups is 1. The number of halogens is 1. The molecule has 0 aliphatic heterocycles. The number of hydrogen-bond donors (Lipinski definition) is 1. The molecule has 0 saturated carbocycles. The van der Waals surface area contributed by atoms with Gasteiger partial charge in [-0.15, -0.1) is 0 Å². The molecule has 0 unspecified atom stereocenters. The van der Waals surface area contributed by atoms with E-state index in [1.165, 1.54) is 18.3 Å². The van der Waals surface area contributed by atoms with Gasteiger partial charge in [0.2, 0.25) is 0 Å².